The highest BCUT2D eigenvalue weighted by Gasteiger charge is 2.19. The van der Waals surface area contributed by atoms with Gasteiger partial charge in [0.05, 0.1) is 0 Å². The number of ether oxygens (including phenoxy) is 1. The Bertz CT molecular complexity index is 928. The van der Waals surface area contributed by atoms with E-state index in [-0.39, 0.29) is 6.10 Å². The largest absolute Gasteiger partial charge is 0.483 e. The number of rotatable bonds is 8. The molecule has 0 bridgehead atoms. The fraction of sp³-hybridized carbons (Fsp3) is 0.333. The van der Waals surface area contributed by atoms with Gasteiger partial charge >= 0.3 is 0 Å². The van der Waals surface area contributed by atoms with Gasteiger partial charge in [-0.15, -0.1) is 10.2 Å². The highest BCUT2D eigenvalue weighted by molar-refractivity contribution is 7.98. The molecule has 7 heteroatoms. The number of benzene rings is 2. The smallest absolute Gasteiger partial charge is 0.191 e. The molecule has 148 valence electrons. The van der Waals surface area contributed by atoms with Gasteiger partial charge in [0.25, 0.3) is 0 Å². The van der Waals surface area contributed by atoms with Crippen LogP contribution in [0.5, 0.6) is 5.75 Å². The van der Waals surface area contributed by atoms with Crippen LogP contribution < -0.4 is 4.74 Å². The van der Waals surface area contributed by atoms with E-state index in [2.05, 4.69) is 40.7 Å². The first kappa shape index (κ1) is 21.0. The van der Waals surface area contributed by atoms with Crippen molar-refractivity contribution >= 4 is 35.0 Å². The van der Waals surface area contributed by atoms with Crippen molar-refractivity contribution < 1.29 is 4.74 Å². The monoisotopic (exact) mass is 435 g/mol. The maximum atomic E-state index is 6.28. The predicted molar refractivity (Wildman–Crippen MR) is 117 cm³/mol. The molecule has 28 heavy (non-hydrogen) atoms. The second-order valence-corrected chi connectivity index (χ2v) is 8.15. The van der Waals surface area contributed by atoms with Crippen LogP contribution in [0, 0.1) is 0 Å². The highest BCUT2D eigenvalue weighted by Crippen LogP contribution is 2.30. The maximum absolute atomic E-state index is 6.28. The van der Waals surface area contributed by atoms with Crippen LogP contribution in [-0.4, -0.2) is 14.8 Å². The molecule has 4 nitrogen and oxygen atoms in total. The van der Waals surface area contributed by atoms with Gasteiger partial charge in [0, 0.05) is 22.3 Å². The Balaban J connectivity index is 1.71. The molecule has 0 aliphatic rings. The molecule has 0 unspecified atom stereocenters. The summed E-state index contributed by atoms with van der Waals surface area (Å²) in [6.45, 7) is 6.98. The van der Waals surface area contributed by atoms with Crippen LogP contribution in [0.2, 0.25) is 10.0 Å². The summed E-state index contributed by atoms with van der Waals surface area (Å²) in [5.74, 6) is 2.34. The van der Waals surface area contributed by atoms with E-state index >= 15 is 0 Å². The van der Waals surface area contributed by atoms with Crippen LogP contribution in [0.25, 0.3) is 0 Å². The quantitative estimate of drug-likeness (QED) is 0.373. The fourth-order valence-electron chi connectivity index (χ4n) is 2.85. The van der Waals surface area contributed by atoms with E-state index in [4.69, 9.17) is 27.9 Å². The normalized spacial score (nSPS) is 12.2. The van der Waals surface area contributed by atoms with Crippen LogP contribution in [0.15, 0.2) is 47.6 Å². The molecule has 0 fully saturated rings. The summed E-state index contributed by atoms with van der Waals surface area (Å²) in [6.07, 6.45) is 0.812. The number of aryl methyl sites for hydroxylation is 1. The molecule has 0 radical (unpaired) electrons. The average Bonchev–Trinajstić information content (AvgIpc) is 3.11. The molecule has 3 aromatic rings. The molecule has 0 spiro atoms. The lowest BCUT2D eigenvalue weighted by atomic mass is 10.2. The van der Waals surface area contributed by atoms with Crippen molar-refractivity contribution in [1.29, 1.82) is 0 Å². The molecule has 0 saturated carbocycles. The summed E-state index contributed by atoms with van der Waals surface area (Å²) in [5.41, 5.74) is 2.31. The van der Waals surface area contributed by atoms with E-state index in [1.54, 1.807) is 17.8 Å². The third kappa shape index (κ3) is 5.02. The highest BCUT2D eigenvalue weighted by atomic mass is 35.5. The van der Waals surface area contributed by atoms with Crippen molar-refractivity contribution in [2.45, 2.75) is 50.8 Å². The van der Waals surface area contributed by atoms with Crippen LogP contribution in [0.1, 0.15) is 43.8 Å². The summed E-state index contributed by atoms with van der Waals surface area (Å²) >= 11 is 13.8. The first-order valence-corrected chi connectivity index (χ1v) is 11.0. The van der Waals surface area contributed by atoms with Crippen LogP contribution in [0.4, 0.5) is 0 Å². The van der Waals surface area contributed by atoms with Crippen molar-refractivity contribution in [2.24, 2.45) is 0 Å². The molecule has 3 rings (SSSR count). The molecule has 1 heterocycles. The van der Waals surface area contributed by atoms with Crippen LogP contribution >= 0.6 is 35.0 Å². The molecule has 0 aliphatic heterocycles. The Morgan fingerprint density at radius 2 is 1.82 bits per heavy atom. The SMILES string of the molecule is CCc1ccc(O[C@@H](C)c2nnc(SCc3ccc(Cl)cc3Cl)n2CC)cc1. The molecular weight excluding hydrogens is 413 g/mol. The Kier molecular flexibility index (Phi) is 7.27. The number of halogens is 2. The van der Waals surface area contributed by atoms with Gasteiger partial charge < -0.3 is 9.30 Å². The number of aromatic nitrogens is 3. The summed E-state index contributed by atoms with van der Waals surface area (Å²) < 4.78 is 8.17. The van der Waals surface area contributed by atoms with Gasteiger partial charge in [-0.05, 0) is 55.7 Å². The van der Waals surface area contributed by atoms with E-state index in [9.17, 15) is 0 Å². The van der Waals surface area contributed by atoms with E-state index < -0.39 is 0 Å². The van der Waals surface area contributed by atoms with Crippen LogP contribution in [-0.2, 0) is 18.7 Å². The Morgan fingerprint density at radius 3 is 2.46 bits per heavy atom. The average molecular weight is 436 g/mol. The fourth-order valence-corrected chi connectivity index (χ4v) is 4.41. The second kappa shape index (κ2) is 9.68. The van der Waals surface area contributed by atoms with Crippen molar-refractivity contribution in [3.8, 4) is 5.75 Å². The minimum absolute atomic E-state index is 0.201. The minimum atomic E-state index is -0.201. The predicted octanol–water partition coefficient (Wildman–Crippen LogP) is 6.60. The Morgan fingerprint density at radius 1 is 1.07 bits per heavy atom. The van der Waals surface area contributed by atoms with E-state index in [1.165, 1.54) is 5.56 Å². The molecule has 1 aromatic heterocycles. The Labute approximate surface area is 180 Å². The molecule has 2 aromatic carbocycles. The minimum Gasteiger partial charge on any atom is -0.483 e. The topological polar surface area (TPSA) is 39.9 Å². The molecule has 0 saturated heterocycles. The van der Waals surface area contributed by atoms with E-state index in [0.717, 1.165) is 35.3 Å². The Hall–Kier alpha value is -1.69. The molecule has 0 aliphatic carbocycles. The van der Waals surface area contributed by atoms with Gasteiger partial charge in [0.2, 0.25) is 0 Å². The third-order valence-corrected chi connectivity index (χ3v) is 6.04. The summed E-state index contributed by atoms with van der Waals surface area (Å²) in [4.78, 5) is 0. The third-order valence-electron chi connectivity index (χ3n) is 4.44. The zero-order valence-electron chi connectivity index (χ0n) is 16.2. The first-order chi connectivity index (χ1) is 13.5. The lowest BCUT2D eigenvalue weighted by Gasteiger charge is -2.16. The van der Waals surface area contributed by atoms with Gasteiger partial charge in [-0.3, -0.25) is 0 Å². The van der Waals surface area contributed by atoms with Gasteiger partial charge in [0.15, 0.2) is 17.1 Å². The number of nitrogens with zero attached hydrogens (tertiary/aromatic N) is 3. The summed E-state index contributed by atoms with van der Waals surface area (Å²) in [7, 11) is 0. The van der Waals surface area contributed by atoms with Crippen molar-refractivity contribution in [2.75, 3.05) is 0 Å². The zero-order valence-corrected chi connectivity index (χ0v) is 18.5. The van der Waals surface area contributed by atoms with E-state index in [1.807, 2.05) is 31.2 Å². The number of hydrogen-bond donors (Lipinski definition) is 0. The van der Waals surface area contributed by atoms with Crippen LogP contribution in [0.3, 0.4) is 0 Å². The molecular formula is C21H23Cl2N3OS. The first-order valence-electron chi connectivity index (χ1n) is 9.27. The van der Waals surface area contributed by atoms with Crippen molar-refractivity contribution in [3.63, 3.8) is 0 Å². The lowest BCUT2D eigenvalue weighted by Crippen LogP contribution is -2.12. The summed E-state index contributed by atoms with van der Waals surface area (Å²) in [6, 6.07) is 13.7. The second-order valence-electron chi connectivity index (χ2n) is 6.37. The number of hydrogen-bond acceptors (Lipinski definition) is 4. The zero-order chi connectivity index (χ0) is 20.1. The van der Waals surface area contributed by atoms with Gasteiger partial charge in [-0.1, -0.05) is 60.1 Å². The lowest BCUT2D eigenvalue weighted by molar-refractivity contribution is 0.210. The summed E-state index contributed by atoms with van der Waals surface area (Å²) in [5, 5.41) is 10.9. The van der Waals surface area contributed by atoms with Gasteiger partial charge in [-0.25, -0.2) is 0 Å². The van der Waals surface area contributed by atoms with E-state index in [0.29, 0.717) is 15.8 Å². The standard InChI is InChI=1S/C21H23Cl2N3OS/c1-4-15-6-10-18(11-7-15)27-14(3)20-24-25-21(26(20)5-2)28-13-16-8-9-17(22)12-19(16)23/h6-12,14H,4-5,13H2,1-3H3/t14-/m0/s1. The van der Waals surface area contributed by atoms with Gasteiger partial charge in [-0.2, -0.15) is 0 Å². The molecule has 0 amide bonds. The molecule has 1 atom stereocenters. The van der Waals surface area contributed by atoms with Crippen molar-refractivity contribution in [3.05, 3.63) is 69.5 Å². The van der Waals surface area contributed by atoms with Gasteiger partial charge in [0.1, 0.15) is 5.75 Å². The number of thioether (sulfide) groups is 1. The maximum Gasteiger partial charge on any atom is 0.191 e. The van der Waals surface area contributed by atoms with Crippen molar-refractivity contribution in [1.82, 2.24) is 14.8 Å². The molecule has 0 N–H and O–H groups in total.